The molecule has 0 aliphatic rings. The highest BCUT2D eigenvalue weighted by Crippen LogP contribution is 2.30. The standard InChI is InChI=1S/C33H30BrN3O3S/c1-3-30(33(40)36-28-15-8-7-14-27(28)34)41-26-13-9-12-25(21-26)35-32(39)29(20-23-18-16-22(2)17-19-23)37-31(38)24-10-5-4-6-11-24/h4-21,30H,3H2,1-2H3,(H,35,39)(H,36,40)(H,37,38)/b29-20-. The number of nitrogens with one attached hydrogen (secondary N) is 3. The van der Waals surface area contributed by atoms with E-state index in [1.165, 1.54) is 11.8 Å². The van der Waals surface area contributed by atoms with Crippen molar-refractivity contribution in [3.63, 3.8) is 0 Å². The lowest BCUT2D eigenvalue weighted by Crippen LogP contribution is -2.30. The van der Waals surface area contributed by atoms with E-state index in [-0.39, 0.29) is 22.8 Å². The molecule has 3 N–H and O–H groups in total. The van der Waals surface area contributed by atoms with Gasteiger partial charge in [-0.3, -0.25) is 14.4 Å². The molecule has 0 spiro atoms. The van der Waals surface area contributed by atoms with Crippen LogP contribution in [0.1, 0.15) is 34.8 Å². The zero-order valence-electron chi connectivity index (χ0n) is 22.7. The number of carbonyl (C=O) groups excluding carboxylic acids is 3. The summed E-state index contributed by atoms with van der Waals surface area (Å²) in [6, 6.07) is 31.2. The minimum atomic E-state index is -0.462. The van der Waals surface area contributed by atoms with Crippen LogP contribution in [0.25, 0.3) is 6.08 Å². The molecule has 4 aromatic carbocycles. The smallest absolute Gasteiger partial charge is 0.272 e. The van der Waals surface area contributed by atoms with Crippen LogP contribution in [0.15, 0.2) is 118 Å². The van der Waals surface area contributed by atoms with E-state index < -0.39 is 5.91 Å². The molecule has 0 aliphatic carbocycles. The van der Waals surface area contributed by atoms with Gasteiger partial charge in [-0.25, -0.2) is 0 Å². The molecule has 1 atom stereocenters. The Morgan fingerprint density at radius 2 is 1.56 bits per heavy atom. The lowest BCUT2D eigenvalue weighted by Gasteiger charge is -2.16. The molecule has 0 saturated heterocycles. The second-order valence-corrected chi connectivity index (χ2v) is 11.4. The van der Waals surface area contributed by atoms with Crippen molar-refractivity contribution in [3.8, 4) is 0 Å². The molecule has 0 fully saturated rings. The molecule has 0 saturated carbocycles. The Balaban J connectivity index is 1.50. The number of carbonyl (C=O) groups is 3. The van der Waals surface area contributed by atoms with Crippen LogP contribution in [-0.4, -0.2) is 23.0 Å². The normalized spacial score (nSPS) is 11.8. The van der Waals surface area contributed by atoms with Crippen molar-refractivity contribution in [1.29, 1.82) is 0 Å². The van der Waals surface area contributed by atoms with E-state index >= 15 is 0 Å². The van der Waals surface area contributed by atoms with Gasteiger partial charge in [0.15, 0.2) is 0 Å². The van der Waals surface area contributed by atoms with Gasteiger partial charge in [0, 0.05) is 20.6 Å². The van der Waals surface area contributed by atoms with Crippen molar-refractivity contribution in [1.82, 2.24) is 5.32 Å². The average Bonchev–Trinajstić information content (AvgIpc) is 2.98. The number of rotatable bonds is 10. The zero-order chi connectivity index (χ0) is 29.2. The van der Waals surface area contributed by atoms with Crippen LogP contribution in [0.5, 0.6) is 0 Å². The Morgan fingerprint density at radius 1 is 0.854 bits per heavy atom. The van der Waals surface area contributed by atoms with Crippen molar-refractivity contribution in [2.45, 2.75) is 30.4 Å². The molecule has 41 heavy (non-hydrogen) atoms. The van der Waals surface area contributed by atoms with Gasteiger partial charge in [-0.1, -0.05) is 73.2 Å². The van der Waals surface area contributed by atoms with Gasteiger partial charge < -0.3 is 16.0 Å². The lowest BCUT2D eigenvalue weighted by molar-refractivity contribution is -0.116. The first kappa shape index (κ1) is 29.8. The van der Waals surface area contributed by atoms with Gasteiger partial charge in [0.05, 0.1) is 10.9 Å². The van der Waals surface area contributed by atoms with Crippen molar-refractivity contribution in [2.24, 2.45) is 0 Å². The van der Waals surface area contributed by atoms with Gasteiger partial charge in [-0.2, -0.15) is 0 Å². The monoisotopic (exact) mass is 627 g/mol. The number of halogens is 1. The van der Waals surface area contributed by atoms with E-state index in [2.05, 4.69) is 31.9 Å². The summed E-state index contributed by atoms with van der Waals surface area (Å²) in [5.74, 6) is -0.952. The second kappa shape index (κ2) is 14.5. The maximum atomic E-state index is 13.4. The fraction of sp³-hybridized carbons (Fsp3) is 0.121. The van der Waals surface area contributed by atoms with Crippen molar-refractivity contribution < 1.29 is 14.4 Å². The van der Waals surface area contributed by atoms with Crippen molar-refractivity contribution in [3.05, 3.63) is 130 Å². The first-order chi connectivity index (χ1) is 19.8. The van der Waals surface area contributed by atoms with Crippen LogP contribution in [-0.2, 0) is 9.59 Å². The molecule has 208 valence electrons. The highest BCUT2D eigenvalue weighted by atomic mass is 79.9. The number of amides is 3. The Bertz CT molecular complexity index is 1560. The van der Waals surface area contributed by atoms with Crippen molar-refractivity contribution >= 4 is 62.9 Å². The second-order valence-electron chi connectivity index (χ2n) is 9.25. The van der Waals surface area contributed by atoms with E-state index in [1.54, 1.807) is 36.4 Å². The Labute approximate surface area is 252 Å². The van der Waals surface area contributed by atoms with Crippen LogP contribution < -0.4 is 16.0 Å². The molecule has 0 heterocycles. The van der Waals surface area contributed by atoms with Crippen LogP contribution >= 0.6 is 27.7 Å². The molecule has 0 radical (unpaired) electrons. The number of hydrogen-bond donors (Lipinski definition) is 3. The average molecular weight is 629 g/mol. The summed E-state index contributed by atoms with van der Waals surface area (Å²) in [6.07, 6.45) is 2.26. The molecular formula is C33H30BrN3O3S. The molecule has 6 nitrogen and oxygen atoms in total. The molecule has 0 aromatic heterocycles. The van der Waals surface area contributed by atoms with Gasteiger partial charge in [0.25, 0.3) is 11.8 Å². The zero-order valence-corrected chi connectivity index (χ0v) is 25.1. The number of aryl methyl sites for hydroxylation is 1. The van der Waals surface area contributed by atoms with Crippen LogP contribution in [0.4, 0.5) is 11.4 Å². The highest BCUT2D eigenvalue weighted by Gasteiger charge is 2.20. The summed E-state index contributed by atoms with van der Waals surface area (Å²) >= 11 is 4.89. The molecular weight excluding hydrogens is 598 g/mol. The quantitative estimate of drug-likeness (QED) is 0.124. The predicted molar refractivity (Wildman–Crippen MR) is 171 cm³/mol. The van der Waals surface area contributed by atoms with E-state index in [9.17, 15) is 14.4 Å². The first-order valence-corrected chi connectivity index (χ1v) is 14.8. The molecule has 0 bridgehead atoms. The van der Waals surface area contributed by atoms with Crippen LogP contribution in [0, 0.1) is 6.92 Å². The Hall–Kier alpha value is -4.14. The van der Waals surface area contributed by atoms with E-state index in [0.717, 1.165) is 20.5 Å². The van der Waals surface area contributed by atoms with Gasteiger partial charge >= 0.3 is 0 Å². The predicted octanol–water partition coefficient (Wildman–Crippen LogP) is 7.68. The molecule has 3 amide bonds. The molecule has 0 aliphatic heterocycles. The number of anilines is 2. The highest BCUT2D eigenvalue weighted by molar-refractivity contribution is 9.10. The Kier molecular flexibility index (Phi) is 10.5. The topological polar surface area (TPSA) is 87.3 Å². The van der Waals surface area contributed by atoms with E-state index in [1.807, 2.05) is 86.6 Å². The summed E-state index contributed by atoms with van der Waals surface area (Å²) in [5.41, 5.74) is 3.68. The van der Waals surface area contributed by atoms with Gasteiger partial charge in [0.1, 0.15) is 5.70 Å². The fourth-order valence-electron chi connectivity index (χ4n) is 3.88. The number of benzene rings is 4. The van der Waals surface area contributed by atoms with E-state index in [4.69, 9.17) is 0 Å². The van der Waals surface area contributed by atoms with Crippen LogP contribution in [0.2, 0.25) is 0 Å². The minimum absolute atomic E-state index is 0.106. The summed E-state index contributed by atoms with van der Waals surface area (Å²) in [6.45, 7) is 3.94. The third kappa shape index (κ3) is 8.67. The largest absolute Gasteiger partial charge is 0.324 e. The molecule has 4 rings (SSSR count). The molecule has 8 heteroatoms. The summed E-state index contributed by atoms with van der Waals surface area (Å²) in [7, 11) is 0. The minimum Gasteiger partial charge on any atom is -0.324 e. The summed E-state index contributed by atoms with van der Waals surface area (Å²) in [5, 5.41) is 8.30. The number of hydrogen-bond acceptors (Lipinski definition) is 4. The maximum absolute atomic E-state index is 13.4. The van der Waals surface area contributed by atoms with Gasteiger partial charge in [-0.05, 0) is 83.4 Å². The third-order valence-electron chi connectivity index (χ3n) is 6.08. The molecule has 4 aromatic rings. The van der Waals surface area contributed by atoms with Crippen molar-refractivity contribution in [2.75, 3.05) is 10.6 Å². The van der Waals surface area contributed by atoms with Crippen LogP contribution in [0.3, 0.4) is 0 Å². The summed E-state index contributed by atoms with van der Waals surface area (Å²) < 4.78 is 0.812. The third-order valence-corrected chi connectivity index (χ3v) is 8.13. The molecule has 1 unspecified atom stereocenters. The van der Waals surface area contributed by atoms with E-state index in [0.29, 0.717) is 23.4 Å². The summed E-state index contributed by atoms with van der Waals surface area (Å²) in [4.78, 5) is 40.1. The number of thioether (sulfide) groups is 1. The van der Waals surface area contributed by atoms with Gasteiger partial charge in [0.2, 0.25) is 5.91 Å². The number of para-hydroxylation sites is 1. The fourth-order valence-corrected chi connectivity index (χ4v) is 5.28. The SMILES string of the molecule is CCC(Sc1cccc(NC(=O)/C(=C/c2ccc(C)cc2)NC(=O)c2ccccc2)c1)C(=O)Nc1ccccc1Br. The first-order valence-electron chi connectivity index (χ1n) is 13.1. The Morgan fingerprint density at radius 3 is 2.27 bits per heavy atom. The van der Waals surface area contributed by atoms with Gasteiger partial charge in [-0.15, -0.1) is 11.8 Å². The maximum Gasteiger partial charge on any atom is 0.272 e. The lowest BCUT2D eigenvalue weighted by atomic mass is 10.1.